The molecule has 2 N–H and O–H groups in total. The fourth-order valence-electron chi connectivity index (χ4n) is 2.80. The summed E-state index contributed by atoms with van der Waals surface area (Å²) < 4.78 is 0. The lowest BCUT2D eigenvalue weighted by atomic mass is 9.76. The average molecular weight is 256 g/mol. The van der Waals surface area contributed by atoms with Gasteiger partial charge in [0.15, 0.2) is 0 Å². The van der Waals surface area contributed by atoms with E-state index < -0.39 is 18.1 Å². The zero-order valence-electron chi connectivity index (χ0n) is 11.7. The molecule has 0 aliphatic carbocycles. The van der Waals surface area contributed by atoms with Crippen LogP contribution in [0.25, 0.3) is 0 Å². The van der Waals surface area contributed by atoms with Crippen LogP contribution in [0.5, 0.6) is 0 Å². The summed E-state index contributed by atoms with van der Waals surface area (Å²) >= 11 is 0. The van der Waals surface area contributed by atoms with Crippen LogP contribution in [-0.2, 0) is 9.59 Å². The second kappa shape index (κ2) is 5.69. The second-order valence-corrected chi connectivity index (χ2v) is 5.64. The third-order valence-corrected chi connectivity index (χ3v) is 3.77. The smallest absolute Gasteiger partial charge is 0.321 e. The van der Waals surface area contributed by atoms with Crippen molar-refractivity contribution in [2.24, 2.45) is 5.41 Å². The molecule has 0 radical (unpaired) electrons. The van der Waals surface area contributed by atoms with Gasteiger partial charge in [-0.1, -0.05) is 13.8 Å². The van der Waals surface area contributed by atoms with E-state index in [-0.39, 0.29) is 11.3 Å². The summed E-state index contributed by atoms with van der Waals surface area (Å²) in [5.41, 5.74) is -0.301. The minimum Gasteiger partial charge on any atom is -0.480 e. The Bertz CT molecular complexity index is 328. The standard InChI is InChI=1S/C13H24N2O3/c1-5-14-11(16)9(2)15-8-6-7-13(3,4)10(15)12(17)18/h9-10H,5-8H2,1-4H3,(H,14,16)(H,17,18). The lowest BCUT2D eigenvalue weighted by Crippen LogP contribution is -2.60. The van der Waals surface area contributed by atoms with Crippen molar-refractivity contribution in [2.45, 2.75) is 52.6 Å². The Hall–Kier alpha value is -1.10. The summed E-state index contributed by atoms with van der Waals surface area (Å²) in [5.74, 6) is -0.933. The summed E-state index contributed by atoms with van der Waals surface area (Å²) in [6, 6.07) is -0.991. The van der Waals surface area contributed by atoms with Crippen molar-refractivity contribution in [1.82, 2.24) is 10.2 Å². The molecule has 1 saturated heterocycles. The van der Waals surface area contributed by atoms with Crippen LogP contribution in [0.3, 0.4) is 0 Å². The summed E-state index contributed by atoms with van der Waals surface area (Å²) in [4.78, 5) is 25.2. The maximum Gasteiger partial charge on any atom is 0.321 e. The van der Waals surface area contributed by atoms with Crippen LogP contribution in [0, 0.1) is 5.41 Å². The van der Waals surface area contributed by atoms with Crippen molar-refractivity contribution in [1.29, 1.82) is 0 Å². The molecule has 1 rings (SSSR count). The molecule has 1 fully saturated rings. The maximum absolute atomic E-state index is 11.9. The number of carbonyl (C=O) groups is 2. The molecule has 5 nitrogen and oxygen atoms in total. The van der Waals surface area contributed by atoms with Gasteiger partial charge in [-0.25, -0.2) is 0 Å². The minimum atomic E-state index is -0.837. The lowest BCUT2D eigenvalue weighted by molar-refractivity contribution is -0.154. The number of hydrogen-bond donors (Lipinski definition) is 2. The average Bonchev–Trinajstić information content (AvgIpc) is 2.26. The molecule has 0 aromatic rings. The van der Waals surface area contributed by atoms with E-state index in [0.29, 0.717) is 13.1 Å². The molecule has 0 bridgehead atoms. The molecule has 1 amide bonds. The molecular formula is C13H24N2O3. The van der Waals surface area contributed by atoms with Crippen LogP contribution in [-0.4, -0.2) is 47.1 Å². The highest BCUT2D eigenvalue weighted by Gasteiger charge is 2.45. The molecular weight excluding hydrogens is 232 g/mol. The summed E-state index contributed by atoms with van der Waals surface area (Å²) in [6.07, 6.45) is 1.81. The molecule has 1 heterocycles. The summed E-state index contributed by atoms with van der Waals surface area (Å²) in [7, 11) is 0. The third-order valence-electron chi connectivity index (χ3n) is 3.77. The third kappa shape index (κ3) is 3.02. The van der Waals surface area contributed by atoms with Crippen molar-refractivity contribution < 1.29 is 14.7 Å². The molecule has 0 aromatic carbocycles. The van der Waals surface area contributed by atoms with E-state index in [9.17, 15) is 14.7 Å². The number of aliphatic carboxylic acids is 1. The van der Waals surface area contributed by atoms with Crippen LogP contribution in [0.2, 0.25) is 0 Å². The Kier molecular flexibility index (Phi) is 4.73. The molecule has 2 atom stereocenters. The quantitative estimate of drug-likeness (QED) is 0.790. The molecule has 0 spiro atoms. The van der Waals surface area contributed by atoms with E-state index in [0.717, 1.165) is 12.8 Å². The number of carboxylic acid groups (broad SMARTS) is 1. The van der Waals surface area contributed by atoms with Gasteiger partial charge in [-0.15, -0.1) is 0 Å². The second-order valence-electron chi connectivity index (χ2n) is 5.64. The van der Waals surface area contributed by atoms with Gasteiger partial charge in [0.05, 0.1) is 6.04 Å². The Balaban J connectivity index is 2.90. The van der Waals surface area contributed by atoms with Gasteiger partial charge in [-0.3, -0.25) is 14.5 Å². The molecule has 2 unspecified atom stereocenters. The summed E-state index contributed by atoms with van der Waals surface area (Å²) in [6.45, 7) is 8.80. The zero-order valence-corrected chi connectivity index (χ0v) is 11.7. The highest BCUT2D eigenvalue weighted by Crippen LogP contribution is 2.36. The number of likely N-dealkylation sites (tertiary alicyclic amines) is 1. The van der Waals surface area contributed by atoms with Crippen LogP contribution in [0.1, 0.15) is 40.5 Å². The summed E-state index contributed by atoms with van der Waals surface area (Å²) in [5, 5.41) is 12.2. The molecule has 0 aromatic heterocycles. The Morgan fingerprint density at radius 2 is 2.11 bits per heavy atom. The van der Waals surface area contributed by atoms with Crippen LogP contribution < -0.4 is 5.32 Å². The van der Waals surface area contributed by atoms with Crippen LogP contribution in [0.15, 0.2) is 0 Å². The first kappa shape index (κ1) is 15.0. The van der Waals surface area contributed by atoms with Gasteiger partial charge >= 0.3 is 5.97 Å². The number of hydrogen-bond acceptors (Lipinski definition) is 3. The van der Waals surface area contributed by atoms with E-state index in [1.165, 1.54) is 0 Å². The largest absolute Gasteiger partial charge is 0.480 e. The fourth-order valence-corrected chi connectivity index (χ4v) is 2.80. The monoisotopic (exact) mass is 256 g/mol. The first-order valence-electron chi connectivity index (χ1n) is 6.57. The van der Waals surface area contributed by atoms with Crippen LogP contribution >= 0.6 is 0 Å². The predicted molar refractivity (Wildman–Crippen MR) is 69.3 cm³/mol. The maximum atomic E-state index is 11.9. The first-order chi connectivity index (χ1) is 8.31. The number of piperidine rings is 1. The minimum absolute atomic E-state index is 0.0959. The Morgan fingerprint density at radius 1 is 1.50 bits per heavy atom. The number of likely N-dealkylation sites (N-methyl/N-ethyl adjacent to an activating group) is 1. The molecule has 104 valence electrons. The molecule has 0 saturated carbocycles. The van der Waals surface area contributed by atoms with E-state index in [2.05, 4.69) is 5.32 Å². The number of nitrogens with zero attached hydrogens (tertiary/aromatic N) is 1. The lowest BCUT2D eigenvalue weighted by Gasteiger charge is -2.46. The van der Waals surface area contributed by atoms with E-state index in [4.69, 9.17) is 0 Å². The van der Waals surface area contributed by atoms with Gasteiger partial charge in [0.2, 0.25) is 5.91 Å². The van der Waals surface area contributed by atoms with Crippen LogP contribution in [0.4, 0.5) is 0 Å². The van der Waals surface area contributed by atoms with Gasteiger partial charge in [-0.2, -0.15) is 0 Å². The topological polar surface area (TPSA) is 69.6 Å². The molecule has 5 heteroatoms. The number of amides is 1. The van der Waals surface area contributed by atoms with Gasteiger partial charge in [0.1, 0.15) is 6.04 Å². The number of rotatable bonds is 4. The SMILES string of the molecule is CCNC(=O)C(C)N1CCCC(C)(C)C1C(=O)O. The predicted octanol–water partition coefficient (Wildman–Crippen LogP) is 1.09. The Morgan fingerprint density at radius 3 is 2.61 bits per heavy atom. The van der Waals surface area contributed by atoms with Crippen molar-refractivity contribution in [3.8, 4) is 0 Å². The van der Waals surface area contributed by atoms with Gasteiger partial charge in [0.25, 0.3) is 0 Å². The zero-order chi connectivity index (χ0) is 13.9. The van der Waals surface area contributed by atoms with Crippen molar-refractivity contribution >= 4 is 11.9 Å². The molecule has 18 heavy (non-hydrogen) atoms. The fraction of sp³-hybridized carbons (Fsp3) is 0.846. The molecule has 1 aliphatic rings. The van der Waals surface area contributed by atoms with E-state index >= 15 is 0 Å². The number of carbonyl (C=O) groups excluding carboxylic acids is 1. The van der Waals surface area contributed by atoms with Crippen molar-refractivity contribution in [2.75, 3.05) is 13.1 Å². The van der Waals surface area contributed by atoms with E-state index in [1.54, 1.807) is 6.92 Å². The number of carboxylic acids is 1. The highest BCUT2D eigenvalue weighted by molar-refractivity contribution is 5.83. The van der Waals surface area contributed by atoms with E-state index in [1.807, 2.05) is 25.7 Å². The normalized spacial score (nSPS) is 25.4. The Labute approximate surface area is 109 Å². The first-order valence-corrected chi connectivity index (χ1v) is 6.57. The van der Waals surface area contributed by atoms with Crippen molar-refractivity contribution in [3.05, 3.63) is 0 Å². The van der Waals surface area contributed by atoms with Gasteiger partial charge in [-0.05, 0) is 38.6 Å². The highest BCUT2D eigenvalue weighted by atomic mass is 16.4. The van der Waals surface area contributed by atoms with Crippen molar-refractivity contribution in [3.63, 3.8) is 0 Å². The van der Waals surface area contributed by atoms with Gasteiger partial charge in [0, 0.05) is 6.54 Å². The van der Waals surface area contributed by atoms with Gasteiger partial charge < -0.3 is 10.4 Å². The molecule has 1 aliphatic heterocycles. The number of nitrogens with one attached hydrogen (secondary N) is 1.